The molecule has 0 saturated carbocycles. The van der Waals surface area contributed by atoms with Crippen LogP contribution in [0.2, 0.25) is 10.0 Å². The molecule has 25 heavy (non-hydrogen) atoms. The summed E-state index contributed by atoms with van der Waals surface area (Å²) in [5.41, 5.74) is 1.34. The van der Waals surface area contributed by atoms with Crippen LogP contribution in [0.15, 0.2) is 42.5 Å². The number of amides is 2. The van der Waals surface area contributed by atoms with Gasteiger partial charge in [-0.2, -0.15) is 0 Å². The van der Waals surface area contributed by atoms with Crippen LogP contribution in [0, 0.1) is 0 Å². The van der Waals surface area contributed by atoms with Crippen molar-refractivity contribution in [2.45, 2.75) is 19.6 Å². The van der Waals surface area contributed by atoms with Gasteiger partial charge in [-0.1, -0.05) is 41.4 Å². The van der Waals surface area contributed by atoms with Crippen molar-refractivity contribution >= 4 is 35.0 Å². The lowest BCUT2D eigenvalue weighted by molar-refractivity contribution is -0.127. The molecule has 2 aromatic rings. The van der Waals surface area contributed by atoms with Crippen LogP contribution in [0.3, 0.4) is 0 Å². The Bertz CT molecular complexity index is 781. The van der Waals surface area contributed by atoms with E-state index in [1.165, 1.54) is 0 Å². The first-order valence-corrected chi connectivity index (χ1v) is 8.37. The number of carbonyl (C=O) groups excluding carboxylic acids is 2. The number of ether oxygens (including phenoxy) is 1. The molecule has 0 heterocycles. The average Bonchev–Trinajstić information content (AvgIpc) is 2.63. The highest BCUT2D eigenvalue weighted by atomic mass is 35.5. The molecule has 0 radical (unpaired) electrons. The normalized spacial score (nSPS) is 11.5. The minimum Gasteiger partial charge on any atom is -0.479 e. The molecule has 5 nitrogen and oxygen atoms in total. The standard InChI is InChI=1S/C18H18Cl2N2O3/c1-11(25-15-8-4-7-14(19)16(15)20)17(23)22-10-12-5-3-6-13(9-12)18(24)21-2/h3-9,11H,10H2,1-2H3,(H,21,24)(H,22,23). The van der Waals surface area contributed by atoms with Crippen molar-refractivity contribution in [2.24, 2.45) is 0 Å². The van der Waals surface area contributed by atoms with E-state index in [1.807, 2.05) is 6.07 Å². The fraction of sp³-hybridized carbons (Fsp3) is 0.222. The van der Waals surface area contributed by atoms with Gasteiger partial charge in [-0.3, -0.25) is 9.59 Å². The maximum Gasteiger partial charge on any atom is 0.261 e. The molecule has 0 aromatic heterocycles. The third-order valence-electron chi connectivity index (χ3n) is 3.47. The number of hydrogen-bond acceptors (Lipinski definition) is 3. The summed E-state index contributed by atoms with van der Waals surface area (Å²) in [5.74, 6) is -0.139. The first kappa shape index (κ1) is 19.1. The quantitative estimate of drug-likeness (QED) is 0.806. The van der Waals surface area contributed by atoms with Crippen molar-refractivity contribution in [2.75, 3.05) is 7.05 Å². The second-order valence-corrected chi connectivity index (χ2v) is 6.09. The zero-order chi connectivity index (χ0) is 18.4. The smallest absolute Gasteiger partial charge is 0.261 e. The van der Waals surface area contributed by atoms with Crippen molar-refractivity contribution in [1.82, 2.24) is 10.6 Å². The molecule has 0 aliphatic rings. The molecular weight excluding hydrogens is 363 g/mol. The minimum absolute atomic E-state index is 0.180. The number of halogens is 2. The Labute approximate surface area is 156 Å². The first-order valence-electron chi connectivity index (χ1n) is 7.61. The van der Waals surface area contributed by atoms with Gasteiger partial charge in [0.25, 0.3) is 11.8 Å². The fourth-order valence-electron chi connectivity index (χ4n) is 2.12. The molecule has 2 rings (SSSR count). The molecule has 2 N–H and O–H groups in total. The van der Waals surface area contributed by atoms with E-state index < -0.39 is 6.10 Å². The molecule has 0 bridgehead atoms. The van der Waals surface area contributed by atoms with Crippen LogP contribution in [0.4, 0.5) is 0 Å². The second kappa shape index (κ2) is 8.74. The van der Waals surface area contributed by atoms with Crippen LogP contribution in [-0.4, -0.2) is 25.0 Å². The molecule has 0 spiro atoms. The highest BCUT2D eigenvalue weighted by Crippen LogP contribution is 2.32. The SMILES string of the molecule is CNC(=O)c1cccc(CNC(=O)C(C)Oc2cccc(Cl)c2Cl)c1. The van der Waals surface area contributed by atoms with E-state index in [1.54, 1.807) is 50.4 Å². The lowest BCUT2D eigenvalue weighted by Gasteiger charge is -2.16. The summed E-state index contributed by atoms with van der Waals surface area (Å²) in [4.78, 5) is 23.8. The van der Waals surface area contributed by atoms with Crippen molar-refractivity contribution in [3.05, 3.63) is 63.6 Å². The van der Waals surface area contributed by atoms with Gasteiger partial charge in [-0.15, -0.1) is 0 Å². The van der Waals surface area contributed by atoms with E-state index in [4.69, 9.17) is 27.9 Å². The van der Waals surface area contributed by atoms with Gasteiger partial charge in [-0.05, 0) is 36.8 Å². The number of rotatable bonds is 6. The highest BCUT2D eigenvalue weighted by molar-refractivity contribution is 6.42. The Morgan fingerprint density at radius 3 is 2.60 bits per heavy atom. The van der Waals surface area contributed by atoms with Gasteiger partial charge in [0, 0.05) is 19.2 Å². The van der Waals surface area contributed by atoms with E-state index in [0.29, 0.717) is 16.3 Å². The van der Waals surface area contributed by atoms with E-state index >= 15 is 0 Å². The molecule has 1 unspecified atom stereocenters. The summed E-state index contributed by atoms with van der Waals surface area (Å²) in [6.07, 6.45) is -0.752. The largest absolute Gasteiger partial charge is 0.479 e. The third kappa shape index (κ3) is 5.11. The summed E-state index contributed by atoms with van der Waals surface area (Å²) in [7, 11) is 1.57. The summed E-state index contributed by atoms with van der Waals surface area (Å²) in [5, 5.41) is 5.95. The van der Waals surface area contributed by atoms with E-state index in [9.17, 15) is 9.59 Å². The summed E-state index contributed by atoms with van der Waals surface area (Å²) < 4.78 is 5.56. The van der Waals surface area contributed by atoms with E-state index in [2.05, 4.69) is 10.6 Å². The summed E-state index contributed by atoms with van der Waals surface area (Å²) in [6.45, 7) is 1.90. The van der Waals surface area contributed by atoms with Crippen LogP contribution in [0.5, 0.6) is 5.75 Å². The van der Waals surface area contributed by atoms with Crippen LogP contribution in [0.25, 0.3) is 0 Å². The Morgan fingerprint density at radius 2 is 1.88 bits per heavy atom. The second-order valence-electron chi connectivity index (χ2n) is 5.31. The van der Waals surface area contributed by atoms with Crippen molar-refractivity contribution < 1.29 is 14.3 Å². The van der Waals surface area contributed by atoms with Crippen molar-refractivity contribution in [1.29, 1.82) is 0 Å². The zero-order valence-electron chi connectivity index (χ0n) is 13.8. The number of hydrogen-bond donors (Lipinski definition) is 2. The highest BCUT2D eigenvalue weighted by Gasteiger charge is 2.17. The van der Waals surface area contributed by atoms with Crippen LogP contribution in [-0.2, 0) is 11.3 Å². The van der Waals surface area contributed by atoms with Crippen LogP contribution in [0.1, 0.15) is 22.8 Å². The molecule has 2 aromatic carbocycles. The lowest BCUT2D eigenvalue weighted by atomic mass is 10.1. The van der Waals surface area contributed by atoms with Gasteiger partial charge in [0.05, 0.1) is 5.02 Å². The number of nitrogens with one attached hydrogen (secondary N) is 2. The van der Waals surface area contributed by atoms with Crippen molar-refractivity contribution in [3.63, 3.8) is 0 Å². The molecule has 0 fully saturated rings. The first-order chi connectivity index (χ1) is 11.9. The predicted molar refractivity (Wildman–Crippen MR) is 98.2 cm³/mol. The van der Waals surface area contributed by atoms with Gasteiger partial charge >= 0.3 is 0 Å². The Kier molecular flexibility index (Phi) is 6.67. The molecule has 2 amide bonds. The van der Waals surface area contributed by atoms with Gasteiger partial charge in [0.2, 0.25) is 0 Å². The monoisotopic (exact) mass is 380 g/mol. The third-order valence-corrected chi connectivity index (χ3v) is 4.27. The van der Waals surface area contributed by atoms with Gasteiger partial charge in [0.1, 0.15) is 10.8 Å². The number of benzene rings is 2. The van der Waals surface area contributed by atoms with Gasteiger partial charge < -0.3 is 15.4 Å². The molecule has 0 aliphatic heterocycles. The Balaban J connectivity index is 1.95. The van der Waals surface area contributed by atoms with Gasteiger partial charge in [-0.25, -0.2) is 0 Å². The minimum atomic E-state index is -0.752. The maximum atomic E-state index is 12.2. The Hall–Kier alpha value is -2.24. The maximum absolute atomic E-state index is 12.2. The van der Waals surface area contributed by atoms with Gasteiger partial charge in [0.15, 0.2) is 6.10 Å². The predicted octanol–water partition coefficient (Wildman–Crippen LogP) is 3.44. The summed E-state index contributed by atoms with van der Waals surface area (Å²) >= 11 is 12.0. The molecule has 1 atom stereocenters. The molecule has 0 aliphatic carbocycles. The Morgan fingerprint density at radius 1 is 1.16 bits per heavy atom. The fourth-order valence-corrected chi connectivity index (χ4v) is 2.46. The molecule has 7 heteroatoms. The van der Waals surface area contributed by atoms with Crippen LogP contribution >= 0.6 is 23.2 Å². The average molecular weight is 381 g/mol. The number of carbonyl (C=O) groups is 2. The summed E-state index contributed by atoms with van der Waals surface area (Å²) in [6, 6.07) is 12.0. The molecule has 132 valence electrons. The van der Waals surface area contributed by atoms with Crippen LogP contribution < -0.4 is 15.4 Å². The van der Waals surface area contributed by atoms with E-state index in [-0.39, 0.29) is 23.4 Å². The topological polar surface area (TPSA) is 67.4 Å². The lowest BCUT2D eigenvalue weighted by Crippen LogP contribution is -2.36. The zero-order valence-corrected chi connectivity index (χ0v) is 15.3. The molecule has 0 saturated heterocycles. The van der Waals surface area contributed by atoms with Crippen molar-refractivity contribution in [3.8, 4) is 5.75 Å². The van der Waals surface area contributed by atoms with E-state index in [0.717, 1.165) is 5.56 Å². The molecular formula is C18H18Cl2N2O3.